The van der Waals surface area contributed by atoms with Crippen LogP contribution < -0.4 is 10.2 Å². The third-order valence-electron chi connectivity index (χ3n) is 5.56. The molecule has 2 amide bonds. The Morgan fingerprint density at radius 2 is 1.67 bits per heavy atom. The molecule has 3 atom stereocenters. The average molecular weight is 506 g/mol. The zero-order valence-electron chi connectivity index (χ0n) is 17.6. The van der Waals surface area contributed by atoms with Crippen molar-refractivity contribution in [3.05, 3.63) is 93.4 Å². The van der Waals surface area contributed by atoms with Crippen molar-refractivity contribution in [1.82, 2.24) is 0 Å². The van der Waals surface area contributed by atoms with E-state index in [-0.39, 0.29) is 6.10 Å². The number of ether oxygens (including phenoxy) is 1. The van der Waals surface area contributed by atoms with Gasteiger partial charge in [-0.05, 0) is 73.0 Å². The van der Waals surface area contributed by atoms with E-state index in [1.165, 1.54) is 4.90 Å². The maximum absolute atomic E-state index is 13.7. The number of rotatable bonds is 6. The second-order valence-corrected chi connectivity index (χ2v) is 9.14. The Morgan fingerprint density at radius 1 is 0.970 bits per heavy atom. The number of halogens is 3. The molecular weight excluding hydrogens is 483 g/mol. The number of nitrogens with zero attached hydrogens (tertiary/aromatic N) is 1. The summed E-state index contributed by atoms with van der Waals surface area (Å²) >= 11 is 18.4. The number of hydrogen-bond donors (Lipinski definition) is 2. The number of anilines is 2. The molecule has 0 bridgehead atoms. The summed E-state index contributed by atoms with van der Waals surface area (Å²) in [7, 11) is 0. The van der Waals surface area contributed by atoms with Crippen molar-refractivity contribution in [2.45, 2.75) is 31.1 Å². The molecule has 0 aromatic heterocycles. The van der Waals surface area contributed by atoms with Crippen molar-refractivity contribution in [3.63, 3.8) is 0 Å². The lowest BCUT2D eigenvalue weighted by molar-refractivity contribution is 0.0317. The Bertz CT molecular complexity index is 1100. The number of hydrogen-bond acceptors (Lipinski definition) is 3. The lowest BCUT2D eigenvalue weighted by Gasteiger charge is -2.38. The second kappa shape index (κ2) is 10.8. The van der Waals surface area contributed by atoms with Gasteiger partial charge in [0.1, 0.15) is 6.10 Å². The van der Waals surface area contributed by atoms with Gasteiger partial charge in [-0.15, -0.1) is 0 Å². The lowest BCUT2D eigenvalue weighted by atomic mass is 9.94. The number of urea groups is 1. The maximum Gasteiger partial charge on any atom is 0.326 e. The van der Waals surface area contributed by atoms with E-state index in [0.717, 1.165) is 6.42 Å². The Hall–Kier alpha value is -2.28. The summed E-state index contributed by atoms with van der Waals surface area (Å²) in [5.41, 5.74) is 1.70. The summed E-state index contributed by atoms with van der Waals surface area (Å²) in [5.74, 6) is 0. The molecule has 0 aliphatic carbocycles. The number of aliphatic hydroxyl groups excluding tert-OH is 1. The van der Waals surface area contributed by atoms with E-state index in [9.17, 15) is 9.90 Å². The predicted molar refractivity (Wildman–Crippen MR) is 134 cm³/mol. The molecule has 5 nitrogen and oxygen atoms in total. The normalized spacial score (nSPS) is 17.4. The Kier molecular flexibility index (Phi) is 7.78. The topological polar surface area (TPSA) is 61.8 Å². The molecule has 2 N–H and O–H groups in total. The van der Waals surface area contributed by atoms with Crippen LogP contribution >= 0.6 is 34.8 Å². The first-order valence-electron chi connectivity index (χ1n) is 10.6. The first-order chi connectivity index (χ1) is 15.9. The van der Waals surface area contributed by atoms with Gasteiger partial charge in [0.05, 0.1) is 12.1 Å². The average Bonchev–Trinajstić information content (AvgIpc) is 3.33. The Labute approximate surface area is 207 Å². The van der Waals surface area contributed by atoms with Gasteiger partial charge in [-0.2, -0.15) is 0 Å². The molecule has 1 aliphatic rings. The second-order valence-electron chi connectivity index (χ2n) is 7.83. The fourth-order valence-corrected chi connectivity index (χ4v) is 4.55. The van der Waals surface area contributed by atoms with Crippen LogP contribution in [0.1, 0.15) is 24.5 Å². The monoisotopic (exact) mass is 504 g/mol. The minimum atomic E-state index is -1.05. The predicted octanol–water partition coefficient (Wildman–Crippen LogP) is 6.97. The summed E-state index contributed by atoms with van der Waals surface area (Å²) in [4.78, 5) is 15.2. The summed E-state index contributed by atoms with van der Waals surface area (Å²) in [6, 6.07) is 19.6. The molecule has 0 saturated carbocycles. The van der Waals surface area contributed by atoms with Gasteiger partial charge in [-0.25, -0.2) is 4.79 Å². The molecule has 0 spiro atoms. The minimum Gasteiger partial charge on any atom is -0.386 e. The van der Waals surface area contributed by atoms with Gasteiger partial charge >= 0.3 is 6.03 Å². The smallest absolute Gasteiger partial charge is 0.326 e. The molecule has 33 heavy (non-hydrogen) atoms. The first kappa shape index (κ1) is 23.9. The van der Waals surface area contributed by atoms with Crippen LogP contribution in [0.3, 0.4) is 0 Å². The molecule has 1 heterocycles. The van der Waals surface area contributed by atoms with Crippen LogP contribution in [0, 0.1) is 0 Å². The van der Waals surface area contributed by atoms with Gasteiger partial charge in [0, 0.05) is 33.0 Å². The van der Waals surface area contributed by atoms with Crippen LogP contribution in [-0.4, -0.2) is 29.9 Å². The van der Waals surface area contributed by atoms with Crippen LogP contribution in [0.2, 0.25) is 15.1 Å². The number of carbonyl (C=O) groups is 1. The standard InChI is InChI=1S/C25H23Cl3N2O3/c26-17-9-11-20(12-10-17)29-25(32)30(21-7-2-6-19(28)15-21)23(22-8-3-13-33-22)24(31)16-4-1-5-18(27)14-16/h1-2,4-7,9-12,14-15,22-24,31H,3,8,13H2,(H,29,32)/t22-,23-,24?/m1/s1. The molecule has 1 saturated heterocycles. The van der Waals surface area contributed by atoms with Crippen molar-refractivity contribution in [2.75, 3.05) is 16.8 Å². The Morgan fingerprint density at radius 3 is 2.30 bits per heavy atom. The van der Waals surface area contributed by atoms with E-state index in [4.69, 9.17) is 39.5 Å². The van der Waals surface area contributed by atoms with Gasteiger partial charge < -0.3 is 15.2 Å². The highest BCUT2D eigenvalue weighted by atomic mass is 35.5. The summed E-state index contributed by atoms with van der Waals surface area (Å²) in [5, 5.41) is 15.9. The fourth-order valence-electron chi connectivity index (χ4n) is 4.04. The van der Waals surface area contributed by atoms with Gasteiger partial charge in [0.15, 0.2) is 0 Å². The zero-order valence-corrected chi connectivity index (χ0v) is 19.9. The number of nitrogens with one attached hydrogen (secondary N) is 1. The SMILES string of the molecule is O=C(Nc1ccc(Cl)cc1)N(c1cccc(Cl)c1)[C@@H](C(O)c1cccc(Cl)c1)[C@H]1CCCO1. The Balaban J connectivity index is 1.76. The van der Waals surface area contributed by atoms with Crippen molar-refractivity contribution >= 4 is 52.2 Å². The zero-order chi connectivity index (χ0) is 23.4. The quantitative estimate of drug-likeness (QED) is 0.380. The molecule has 1 unspecified atom stereocenters. The van der Waals surface area contributed by atoms with Crippen molar-refractivity contribution in [1.29, 1.82) is 0 Å². The highest BCUT2D eigenvalue weighted by Gasteiger charge is 2.40. The van der Waals surface area contributed by atoms with E-state index in [2.05, 4.69) is 5.32 Å². The van der Waals surface area contributed by atoms with Crippen molar-refractivity contribution in [2.24, 2.45) is 0 Å². The highest BCUT2D eigenvalue weighted by Crippen LogP contribution is 2.35. The molecule has 1 aliphatic heterocycles. The number of benzene rings is 3. The molecule has 3 aromatic carbocycles. The lowest BCUT2D eigenvalue weighted by Crippen LogP contribution is -2.52. The van der Waals surface area contributed by atoms with E-state index >= 15 is 0 Å². The third kappa shape index (κ3) is 5.81. The van der Waals surface area contributed by atoms with Crippen LogP contribution in [-0.2, 0) is 4.74 Å². The first-order valence-corrected chi connectivity index (χ1v) is 11.7. The van der Waals surface area contributed by atoms with Crippen LogP contribution in [0.25, 0.3) is 0 Å². The largest absolute Gasteiger partial charge is 0.386 e. The summed E-state index contributed by atoms with van der Waals surface area (Å²) < 4.78 is 5.97. The van der Waals surface area contributed by atoms with Gasteiger partial charge in [-0.1, -0.05) is 53.0 Å². The van der Waals surface area contributed by atoms with Crippen molar-refractivity contribution < 1.29 is 14.6 Å². The van der Waals surface area contributed by atoms with Crippen molar-refractivity contribution in [3.8, 4) is 0 Å². The molecule has 0 radical (unpaired) electrons. The molecule has 3 aromatic rings. The minimum absolute atomic E-state index is 0.381. The van der Waals surface area contributed by atoms with Gasteiger partial charge in [-0.3, -0.25) is 4.90 Å². The van der Waals surface area contributed by atoms with E-state index in [1.54, 1.807) is 72.8 Å². The van der Waals surface area contributed by atoms with Crippen LogP contribution in [0.4, 0.5) is 16.2 Å². The maximum atomic E-state index is 13.7. The van der Waals surface area contributed by atoms with E-state index in [0.29, 0.717) is 45.0 Å². The fraction of sp³-hybridized carbons (Fsp3) is 0.240. The van der Waals surface area contributed by atoms with E-state index in [1.807, 2.05) is 0 Å². The van der Waals surface area contributed by atoms with Crippen LogP contribution in [0.5, 0.6) is 0 Å². The molecule has 1 fully saturated rings. The van der Waals surface area contributed by atoms with Crippen LogP contribution in [0.15, 0.2) is 72.8 Å². The van der Waals surface area contributed by atoms with Gasteiger partial charge in [0.25, 0.3) is 0 Å². The third-order valence-corrected chi connectivity index (χ3v) is 6.28. The molecule has 8 heteroatoms. The number of carbonyl (C=O) groups excluding carboxylic acids is 1. The summed E-state index contributed by atoms with van der Waals surface area (Å²) in [6.07, 6.45) is 0.106. The van der Waals surface area contributed by atoms with E-state index < -0.39 is 18.2 Å². The molecule has 172 valence electrons. The highest BCUT2D eigenvalue weighted by molar-refractivity contribution is 6.31. The number of aliphatic hydroxyl groups is 1. The summed E-state index contributed by atoms with van der Waals surface area (Å²) in [6.45, 7) is 0.561. The molecular formula is C25H23Cl3N2O3. The van der Waals surface area contributed by atoms with Gasteiger partial charge in [0.2, 0.25) is 0 Å². The number of amides is 2. The molecule has 4 rings (SSSR count).